The summed E-state index contributed by atoms with van der Waals surface area (Å²) in [7, 11) is -1.34. The summed E-state index contributed by atoms with van der Waals surface area (Å²) in [4.78, 5) is 14.4. The number of rotatable bonds is 8. The maximum absolute atomic E-state index is 6.34. The number of pyridine rings is 3. The first-order chi connectivity index (χ1) is 24.7. The van der Waals surface area contributed by atoms with Crippen LogP contribution in [0.4, 0.5) is 0 Å². The van der Waals surface area contributed by atoms with Gasteiger partial charge < -0.3 is 14.4 Å². The van der Waals surface area contributed by atoms with E-state index in [2.05, 4.69) is 134 Å². The van der Waals surface area contributed by atoms with Crippen LogP contribution in [0.1, 0.15) is 102 Å². The van der Waals surface area contributed by atoms with E-state index < -0.39 is 8.07 Å². The molecule has 6 aromatic rings. The van der Waals surface area contributed by atoms with Crippen LogP contribution in [0.15, 0.2) is 77.5 Å². The van der Waals surface area contributed by atoms with Gasteiger partial charge in [0.25, 0.3) is 0 Å². The zero-order valence-electron chi connectivity index (χ0n) is 33.5. The van der Waals surface area contributed by atoms with Crippen molar-refractivity contribution < 1.29 is 24.5 Å². The summed E-state index contributed by atoms with van der Waals surface area (Å²) in [6.07, 6.45) is 11.9. The molecule has 1 fully saturated rings. The predicted octanol–water partition coefficient (Wildman–Crippen LogP) is 12.3. The van der Waals surface area contributed by atoms with Crippen molar-refractivity contribution in [1.29, 1.82) is 0 Å². The molecule has 2 aromatic carbocycles. The van der Waals surface area contributed by atoms with Crippen LogP contribution in [-0.4, -0.2) is 23.0 Å². The van der Waals surface area contributed by atoms with Crippen molar-refractivity contribution in [3.8, 4) is 22.5 Å². The van der Waals surface area contributed by atoms with E-state index in [-0.39, 0.29) is 25.5 Å². The van der Waals surface area contributed by atoms with Crippen LogP contribution in [0.5, 0.6) is 0 Å². The van der Waals surface area contributed by atoms with E-state index in [0.717, 1.165) is 63.3 Å². The van der Waals surface area contributed by atoms with E-state index >= 15 is 0 Å². The molecule has 4 aromatic heterocycles. The monoisotopic (exact) mass is 900 g/mol. The van der Waals surface area contributed by atoms with Gasteiger partial charge in [0.15, 0.2) is 0 Å². The molecule has 0 unspecified atom stereocenters. The van der Waals surface area contributed by atoms with Crippen molar-refractivity contribution in [3.63, 3.8) is 0 Å². The number of aromatic nitrogens is 3. The maximum Gasteiger partial charge on any atom is 0.216 e. The van der Waals surface area contributed by atoms with E-state index in [1.807, 2.05) is 24.3 Å². The second kappa shape index (κ2) is 16.9. The van der Waals surface area contributed by atoms with Gasteiger partial charge in [-0.25, -0.2) is 4.98 Å². The third-order valence-electron chi connectivity index (χ3n) is 10.4. The summed E-state index contributed by atoms with van der Waals surface area (Å²) in [5.41, 5.74) is 10.8. The number of benzene rings is 2. The summed E-state index contributed by atoms with van der Waals surface area (Å²) in [5, 5.41) is 3.62. The van der Waals surface area contributed by atoms with E-state index in [0.29, 0.717) is 17.5 Å². The summed E-state index contributed by atoms with van der Waals surface area (Å²) < 4.78 is 6.34. The number of nitrogens with zero attached hydrogens (tertiary/aromatic N) is 3. The molecular formula is C47H57IrN3OSi-2. The Morgan fingerprint density at radius 1 is 0.830 bits per heavy atom. The normalized spacial score (nSPS) is 13.8. The summed E-state index contributed by atoms with van der Waals surface area (Å²) in [5.74, 6) is 1.94. The van der Waals surface area contributed by atoms with Crippen molar-refractivity contribution >= 4 is 35.3 Å². The Bertz CT molecular complexity index is 2130. The molecule has 1 radical (unpaired) electrons. The molecule has 7 rings (SSSR count). The molecule has 4 heterocycles. The van der Waals surface area contributed by atoms with Gasteiger partial charge in [0, 0.05) is 49.0 Å². The maximum atomic E-state index is 6.34. The number of hydrogen-bond acceptors (Lipinski definition) is 4. The number of furan rings is 1. The van der Waals surface area contributed by atoms with Crippen molar-refractivity contribution in [2.75, 3.05) is 0 Å². The fourth-order valence-corrected chi connectivity index (χ4v) is 9.17. The molecule has 6 heteroatoms. The van der Waals surface area contributed by atoms with Crippen molar-refractivity contribution in [2.24, 2.45) is 11.8 Å². The fourth-order valence-electron chi connectivity index (χ4n) is 7.58. The third-order valence-corrected chi connectivity index (χ3v) is 12.4. The molecule has 0 saturated heterocycles. The van der Waals surface area contributed by atoms with E-state index in [4.69, 9.17) is 14.4 Å². The minimum atomic E-state index is -1.34. The quantitative estimate of drug-likeness (QED) is 0.113. The van der Waals surface area contributed by atoms with Crippen LogP contribution in [0, 0.1) is 24.0 Å². The van der Waals surface area contributed by atoms with E-state index in [9.17, 15) is 0 Å². The summed E-state index contributed by atoms with van der Waals surface area (Å²) in [6.45, 7) is 22.8. The van der Waals surface area contributed by atoms with Crippen molar-refractivity contribution in [3.05, 3.63) is 108 Å². The first kappa shape index (κ1) is 40.7. The van der Waals surface area contributed by atoms with Gasteiger partial charge in [0.1, 0.15) is 0 Å². The Morgan fingerprint density at radius 2 is 1.55 bits per heavy atom. The zero-order valence-corrected chi connectivity index (χ0v) is 36.9. The van der Waals surface area contributed by atoms with Gasteiger partial charge in [-0.2, -0.15) is 0 Å². The van der Waals surface area contributed by atoms with Crippen LogP contribution in [-0.2, 0) is 38.4 Å². The van der Waals surface area contributed by atoms with Crippen molar-refractivity contribution in [2.45, 2.75) is 118 Å². The van der Waals surface area contributed by atoms with Crippen molar-refractivity contribution in [1.82, 2.24) is 15.0 Å². The Balaban J connectivity index is 0.000000223. The molecule has 281 valence electrons. The SMILES string of the molecule is CC(C)Cc1cc(-c2[c-]cccc2)ncc1[Si](C)(C)C.CC(C)c1cnc(-c2[c-]ccc3c2oc2nc(C(C)(C)C)ccc23)cc1CC1CCCC1.[Ir]. The predicted molar refractivity (Wildman–Crippen MR) is 222 cm³/mol. The molecule has 4 nitrogen and oxygen atoms in total. The minimum absolute atomic E-state index is 0. The molecule has 0 spiro atoms. The Labute approximate surface area is 333 Å². The smallest absolute Gasteiger partial charge is 0.216 e. The van der Waals surface area contributed by atoms with Crippen LogP contribution >= 0.6 is 0 Å². The largest absolute Gasteiger partial charge is 0.486 e. The van der Waals surface area contributed by atoms with Gasteiger partial charge in [0.05, 0.1) is 13.7 Å². The average molecular weight is 900 g/mol. The molecule has 0 aliphatic heterocycles. The molecule has 1 saturated carbocycles. The average Bonchev–Trinajstić information content (AvgIpc) is 3.75. The van der Waals surface area contributed by atoms with Gasteiger partial charge in [0.2, 0.25) is 5.71 Å². The van der Waals surface area contributed by atoms with E-state index in [1.54, 1.807) is 0 Å². The number of hydrogen-bond donors (Lipinski definition) is 0. The van der Waals surface area contributed by atoms with Gasteiger partial charge >= 0.3 is 0 Å². The van der Waals surface area contributed by atoms with Crippen LogP contribution in [0.3, 0.4) is 0 Å². The zero-order chi connectivity index (χ0) is 37.2. The Morgan fingerprint density at radius 3 is 2.19 bits per heavy atom. The fraction of sp³-hybridized carbons (Fsp3) is 0.426. The Hall–Kier alpha value is -3.44. The second-order valence-corrected chi connectivity index (χ2v) is 22.7. The Kier molecular flexibility index (Phi) is 13.0. The van der Waals surface area contributed by atoms with E-state index in [1.165, 1.54) is 47.6 Å². The molecule has 0 N–H and O–H groups in total. The molecule has 0 atom stereocenters. The van der Waals surface area contributed by atoms with Gasteiger partial charge in [-0.1, -0.05) is 122 Å². The topological polar surface area (TPSA) is 51.8 Å². The van der Waals surface area contributed by atoms with Crippen LogP contribution in [0.2, 0.25) is 19.6 Å². The molecular weight excluding hydrogens is 843 g/mol. The third kappa shape index (κ3) is 9.63. The molecule has 1 aliphatic rings. The molecule has 0 amide bonds. The number of fused-ring (bicyclic) bond motifs is 3. The first-order valence-electron chi connectivity index (χ1n) is 19.4. The molecule has 53 heavy (non-hydrogen) atoms. The minimum Gasteiger partial charge on any atom is -0.486 e. The van der Waals surface area contributed by atoms with Crippen LogP contribution < -0.4 is 5.19 Å². The molecule has 1 aliphatic carbocycles. The van der Waals surface area contributed by atoms with Gasteiger partial charge in [-0.05, 0) is 70.4 Å². The first-order valence-corrected chi connectivity index (χ1v) is 22.9. The molecule has 0 bridgehead atoms. The van der Waals surface area contributed by atoms with Gasteiger partial charge in [-0.15, -0.1) is 54.1 Å². The summed E-state index contributed by atoms with van der Waals surface area (Å²) >= 11 is 0. The van der Waals surface area contributed by atoms with Gasteiger partial charge in [-0.3, -0.25) is 0 Å². The second-order valence-electron chi connectivity index (χ2n) is 17.6. The van der Waals surface area contributed by atoms with Crippen LogP contribution in [0.25, 0.3) is 44.6 Å². The summed E-state index contributed by atoms with van der Waals surface area (Å²) in [6, 6.07) is 27.6. The standard InChI is InChI=1S/C29H33N2O.C18H24NSi.Ir/c1-18(2)24-17-30-25(16-20(24)15-19-9-6-7-10-19)23-12-8-11-21-22-13-14-26(29(3,4)5)31-28(22)32-27(21)23;1-14(2)11-16-12-17(15-9-7-6-8-10-15)19-13-18(16)20(3,4)5;/h8,11,13-14,16-19H,6-7,9-10,15H2,1-5H3;6-9,12-14H,11H2,1-5H3;/q2*-1;.